The Balaban J connectivity index is 1.62. The van der Waals surface area contributed by atoms with Gasteiger partial charge in [0, 0.05) is 19.7 Å². The molecule has 26 heavy (non-hydrogen) atoms. The Hall–Kier alpha value is -2.34. The lowest BCUT2D eigenvalue weighted by Crippen LogP contribution is -2.37. The zero-order valence-corrected chi connectivity index (χ0v) is 16.0. The number of hydrogen-bond donors (Lipinski definition) is 2. The van der Waals surface area contributed by atoms with Crippen LogP contribution in [0.3, 0.4) is 0 Å². The normalized spacial score (nSPS) is 11.6. The minimum atomic E-state index is 0.435. The van der Waals surface area contributed by atoms with Gasteiger partial charge < -0.3 is 19.8 Å². The van der Waals surface area contributed by atoms with E-state index in [0.29, 0.717) is 19.0 Å². The summed E-state index contributed by atoms with van der Waals surface area (Å²) >= 11 is 0. The van der Waals surface area contributed by atoms with Crippen LogP contribution in [0.15, 0.2) is 39.7 Å². The Labute approximate surface area is 156 Å². The first-order valence-electron chi connectivity index (χ1n) is 9.25. The number of nitrogens with one attached hydrogen (secondary N) is 2. The summed E-state index contributed by atoms with van der Waals surface area (Å²) in [6, 6.07) is 10.2. The van der Waals surface area contributed by atoms with E-state index in [2.05, 4.69) is 32.7 Å². The molecule has 1 heterocycles. The van der Waals surface area contributed by atoms with Gasteiger partial charge in [-0.2, -0.15) is 0 Å². The first kappa shape index (κ1) is 20.0. The number of benzene rings is 1. The lowest BCUT2D eigenvalue weighted by molar-refractivity contribution is 0.117. The number of aromatic nitrogens is 1. The van der Waals surface area contributed by atoms with Gasteiger partial charge in [-0.25, -0.2) is 9.98 Å². The highest BCUT2D eigenvalue weighted by Gasteiger charge is 2.05. The van der Waals surface area contributed by atoms with Gasteiger partial charge in [0.25, 0.3) is 0 Å². The van der Waals surface area contributed by atoms with Crippen molar-refractivity contribution < 1.29 is 9.15 Å². The third-order valence-electron chi connectivity index (χ3n) is 3.91. The third-order valence-corrected chi connectivity index (χ3v) is 3.91. The van der Waals surface area contributed by atoms with E-state index in [0.717, 1.165) is 50.0 Å². The zero-order valence-electron chi connectivity index (χ0n) is 16.0. The molecule has 0 saturated carbocycles. The monoisotopic (exact) mass is 358 g/mol. The van der Waals surface area contributed by atoms with E-state index in [1.807, 2.05) is 39.0 Å². The molecule has 0 aliphatic carbocycles. The summed E-state index contributed by atoms with van der Waals surface area (Å²) in [7, 11) is 0. The van der Waals surface area contributed by atoms with Crippen LogP contribution in [-0.4, -0.2) is 30.6 Å². The minimum Gasteiger partial charge on any atom is -0.444 e. The van der Waals surface area contributed by atoms with Crippen LogP contribution in [0.5, 0.6) is 0 Å². The van der Waals surface area contributed by atoms with Crippen LogP contribution in [0, 0.1) is 13.8 Å². The van der Waals surface area contributed by atoms with Crippen LogP contribution in [0.1, 0.15) is 42.7 Å². The fourth-order valence-corrected chi connectivity index (χ4v) is 2.40. The van der Waals surface area contributed by atoms with Gasteiger partial charge in [0.05, 0.1) is 12.3 Å². The van der Waals surface area contributed by atoms with E-state index < -0.39 is 0 Å². The van der Waals surface area contributed by atoms with Crippen molar-refractivity contribution in [2.24, 2.45) is 4.99 Å². The smallest absolute Gasteiger partial charge is 0.216 e. The summed E-state index contributed by atoms with van der Waals surface area (Å²) in [5.41, 5.74) is 2.13. The van der Waals surface area contributed by atoms with Crippen LogP contribution >= 0.6 is 0 Å². The number of guanidine groups is 1. The number of rotatable bonds is 10. The largest absolute Gasteiger partial charge is 0.444 e. The molecule has 0 fully saturated rings. The van der Waals surface area contributed by atoms with E-state index in [4.69, 9.17) is 9.15 Å². The Morgan fingerprint density at radius 3 is 2.65 bits per heavy atom. The molecule has 6 nitrogen and oxygen atoms in total. The number of aryl methyl sites for hydroxylation is 2. The van der Waals surface area contributed by atoms with E-state index in [9.17, 15) is 0 Å². The number of nitrogens with zero attached hydrogens (tertiary/aromatic N) is 2. The minimum absolute atomic E-state index is 0.435. The first-order chi connectivity index (χ1) is 12.7. The van der Waals surface area contributed by atoms with Crippen LogP contribution in [-0.2, 0) is 17.9 Å². The summed E-state index contributed by atoms with van der Waals surface area (Å²) in [4.78, 5) is 8.87. The van der Waals surface area contributed by atoms with Gasteiger partial charge >= 0.3 is 0 Å². The first-order valence-corrected chi connectivity index (χ1v) is 9.25. The molecule has 2 rings (SSSR count). The van der Waals surface area contributed by atoms with Crippen molar-refractivity contribution in [1.29, 1.82) is 0 Å². The maximum absolute atomic E-state index is 5.70. The number of hydrogen-bond acceptors (Lipinski definition) is 4. The van der Waals surface area contributed by atoms with Crippen molar-refractivity contribution in [2.75, 3.05) is 19.7 Å². The summed E-state index contributed by atoms with van der Waals surface area (Å²) in [5.74, 6) is 2.28. The molecule has 0 aliphatic heterocycles. The number of ether oxygens (including phenoxy) is 1. The van der Waals surface area contributed by atoms with Gasteiger partial charge in [-0.15, -0.1) is 0 Å². The highest BCUT2D eigenvalue weighted by Crippen LogP contribution is 2.08. The molecule has 0 unspecified atom stereocenters. The van der Waals surface area contributed by atoms with Crippen molar-refractivity contribution in [1.82, 2.24) is 15.6 Å². The fourth-order valence-electron chi connectivity index (χ4n) is 2.40. The molecule has 0 aliphatic rings. The molecule has 1 aromatic carbocycles. The molecular weight excluding hydrogens is 328 g/mol. The van der Waals surface area contributed by atoms with Crippen LogP contribution in [0.25, 0.3) is 0 Å². The van der Waals surface area contributed by atoms with Gasteiger partial charge in [-0.3, -0.25) is 0 Å². The second-order valence-corrected chi connectivity index (χ2v) is 6.12. The van der Waals surface area contributed by atoms with Crippen LogP contribution in [0.2, 0.25) is 0 Å². The highest BCUT2D eigenvalue weighted by molar-refractivity contribution is 5.79. The predicted octanol–water partition coefficient (Wildman–Crippen LogP) is 3.34. The van der Waals surface area contributed by atoms with E-state index in [-0.39, 0.29) is 0 Å². The number of aliphatic imine (C=N–C) groups is 1. The maximum atomic E-state index is 5.70. The standard InChI is InChI=1S/C20H30N4O2/c1-4-21-20(23-14-19-24-16(2)17(3)26-19)22-12-8-9-13-25-15-18-10-6-5-7-11-18/h5-7,10-11H,4,8-9,12-15H2,1-3H3,(H2,21,22,23). The lowest BCUT2D eigenvalue weighted by atomic mass is 10.2. The van der Waals surface area contributed by atoms with Crippen molar-refractivity contribution in [2.45, 2.75) is 46.8 Å². The SMILES string of the molecule is CCNC(=NCc1nc(C)c(C)o1)NCCCCOCc1ccccc1. The topological polar surface area (TPSA) is 71.7 Å². The summed E-state index contributed by atoms with van der Waals surface area (Å²) in [6.07, 6.45) is 2.04. The zero-order chi connectivity index (χ0) is 18.6. The molecule has 2 N–H and O–H groups in total. The van der Waals surface area contributed by atoms with E-state index in [1.165, 1.54) is 5.56 Å². The van der Waals surface area contributed by atoms with Gasteiger partial charge in [0.15, 0.2) is 5.96 Å². The summed E-state index contributed by atoms with van der Waals surface area (Å²) in [6.45, 7) is 9.44. The Morgan fingerprint density at radius 1 is 1.15 bits per heavy atom. The molecule has 0 spiro atoms. The van der Waals surface area contributed by atoms with E-state index in [1.54, 1.807) is 0 Å². The molecular formula is C20H30N4O2. The van der Waals surface area contributed by atoms with Gasteiger partial charge in [-0.1, -0.05) is 30.3 Å². The van der Waals surface area contributed by atoms with Crippen LogP contribution < -0.4 is 10.6 Å². The van der Waals surface area contributed by atoms with Crippen molar-refractivity contribution >= 4 is 5.96 Å². The third kappa shape index (κ3) is 7.27. The number of oxazole rings is 1. The molecule has 0 bridgehead atoms. The summed E-state index contributed by atoms with van der Waals surface area (Å²) < 4.78 is 11.3. The average Bonchev–Trinajstić information content (AvgIpc) is 2.97. The van der Waals surface area contributed by atoms with Gasteiger partial charge in [-0.05, 0) is 39.2 Å². The second-order valence-electron chi connectivity index (χ2n) is 6.12. The molecule has 0 radical (unpaired) electrons. The maximum Gasteiger partial charge on any atom is 0.216 e. The Bertz CT molecular complexity index is 648. The molecule has 6 heteroatoms. The van der Waals surface area contributed by atoms with Crippen LogP contribution in [0.4, 0.5) is 0 Å². The Kier molecular flexibility index (Phi) is 8.69. The second kappa shape index (κ2) is 11.3. The highest BCUT2D eigenvalue weighted by atomic mass is 16.5. The van der Waals surface area contributed by atoms with Gasteiger partial charge in [0.2, 0.25) is 5.89 Å². The molecule has 0 atom stereocenters. The fraction of sp³-hybridized carbons (Fsp3) is 0.500. The molecule has 142 valence electrons. The van der Waals surface area contributed by atoms with Crippen molar-refractivity contribution in [3.05, 3.63) is 53.2 Å². The predicted molar refractivity (Wildman–Crippen MR) is 104 cm³/mol. The van der Waals surface area contributed by atoms with Gasteiger partial charge in [0.1, 0.15) is 12.3 Å². The van der Waals surface area contributed by atoms with Crippen molar-refractivity contribution in [3.8, 4) is 0 Å². The average molecular weight is 358 g/mol. The lowest BCUT2D eigenvalue weighted by Gasteiger charge is -2.11. The summed E-state index contributed by atoms with van der Waals surface area (Å²) in [5, 5.41) is 6.57. The Morgan fingerprint density at radius 2 is 1.96 bits per heavy atom. The molecule has 0 saturated heterocycles. The molecule has 0 amide bonds. The quantitative estimate of drug-likeness (QED) is 0.387. The molecule has 2 aromatic rings. The van der Waals surface area contributed by atoms with Crippen molar-refractivity contribution in [3.63, 3.8) is 0 Å². The molecule has 1 aromatic heterocycles. The number of unbranched alkanes of at least 4 members (excludes halogenated alkanes) is 1. The van der Waals surface area contributed by atoms with E-state index >= 15 is 0 Å².